The number of benzene rings is 1. The largest absolute Gasteiger partial charge is 0.507 e. The summed E-state index contributed by atoms with van der Waals surface area (Å²) < 4.78 is 14.4. The van der Waals surface area contributed by atoms with E-state index in [1.54, 1.807) is 13.2 Å². The Hall–Kier alpha value is -2.41. The second-order valence-electron chi connectivity index (χ2n) is 4.00. The second kappa shape index (κ2) is 5.07. The number of carbonyl (C=O) groups excluding carboxylic acids is 1. The molecular weight excluding hydrogens is 251 g/mol. The average Bonchev–Trinajstić information content (AvgIpc) is 2.69. The molecule has 0 fully saturated rings. The topological polar surface area (TPSA) is 93.2 Å². The van der Waals surface area contributed by atoms with E-state index in [1.165, 1.54) is 10.7 Å². The zero-order valence-electron chi connectivity index (χ0n) is 10.2. The molecule has 0 unspecified atom stereocenters. The summed E-state index contributed by atoms with van der Waals surface area (Å²) in [6.07, 6.45) is 1.68. The SMILES string of the molecule is Cn1cc(CN)c(NC(=O)c2ccc(F)cc2O)n1. The van der Waals surface area contributed by atoms with Crippen LogP contribution in [0.4, 0.5) is 10.2 Å². The minimum Gasteiger partial charge on any atom is -0.507 e. The van der Waals surface area contributed by atoms with Gasteiger partial charge < -0.3 is 16.2 Å². The van der Waals surface area contributed by atoms with Crippen LogP contribution in [0.3, 0.4) is 0 Å². The molecule has 1 aromatic heterocycles. The monoisotopic (exact) mass is 264 g/mol. The number of hydrogen-bond acceptors (Lipinski definition) is 4. The number of phenolic OH excluding ortho intramolecular Hbond substituents is 1. The summed E-state index contributed by atoms with van der Waals surface area (Å²) in [6.45, 7) is 0.221. The number of aryl methyl sites for hydroxylation is 1. The van der Waals surface area contributed by atoms with Crippen molar-refractivity contribution in [3.8, 4) is 5.75 Å². The molecule has 1 heterocycles. The van der Waals surface area contributed by atoms with Gasteiger partial charge in [0.2, 0.25) is 0 Å². The summed E-state index contributed by atoms with van der Waals surface area (Å²) in [5.41, 5.74) is 6.16. The summed E-state index contributed by atoms with van der Waals surface area (Å²) >= 11 is 0. The van der Waals surface area contributed by atoms with Crippen molar-refractivity contribution < 1.29 is 14.3 Å². The van der Waals surface area contributed by atoms with Crippen LogP contribution in [-0.4, -0.2) is 20.8 Å². The summed E-state index contributed by atoms with van der Waals surface area (Å²) in [7, 11) is 1.70. The smallest absolute Gasteiger partial charge is 0.260 e. The highest BCUT2D eigenvalue weighted by atomic mass is 19.1. The maximum atomic E-state index is 12.8. The third kappa shape index (κ3) is 2.71. The van der Waals surface area contributed by atoms with Crippen molar-refractivity contribution in [2.45, 2.75) is 6.54 Å². The number of phenols is 1. The van der Waals surface area contributed by atoms with E-state index in [1.807, 2.05) is 0 Å². The standard InChI is InChI=1S/C12H13FN4O2/c1-17-6-7(5-14)11(16-17)15-12(19)9-3-2-8(13)4-10(9)18/h2-4,6,18H,5,14H2,1H3,(H,15,16,19). The van der Waals surface area contributed by atoms with Crippen LogP contribution >= 0.6 is 0 Å². The van der Waals surface area contributed by atoms with E-state index < -0.39 is 17.5 Å². The number of nitrogens with one attached hydrogen (secondary N) is 1. The number of anilines is 1. The summed E-state index contributed by atoms with van der Waals surface area (Å²) in [5, 5.41) is 16.1. The fourth-order valence-electron chi connectivity index (χ4n) is 1.66. The Bertz CT molecular complexity index is 624. The highest BCUT2D eigenvalue weighted by molar-refractivity contribution is 6.05. The lowest BCUT2D eigenvalue weighted by Crippen LogP contribution is -2.14. The van der Waals surface area contributed by atoms with Gasteiger partial charge in [-0.25, -0.2) is 4.39 Å². The number of aromatic hydroxyl groups is 1. The first-order valence-electron chi connectivity index (χ1n) is 5.53. The number of nitrogens with zero attached hydrogens (tertiary/aromatic N) is 2. The molecule has 19 heavy (non-hydrogen) atoms. The Balaban J connectivity index is 2.25. The highest BCUT2D eigenvalue weighted by Gasteiger charge is 2.15. The van der Waals surface area contributed by atoms with Gasteiger partial charge in [0.25, 0.3) is 5.91 Å². The molecule has 1 aromatic carbocycles. The maximum Gasteiger partial charge on any atom is 0.260 e. The molecule has 1 amide bonds. The molecule has 2 aromatic rings. The van der Waals surface area contributed by atoms with Gasteiger partial charge in [-0.15, -0.1) is 0 Å². The molecule has 6 nitrogen and oxygen atoms in total. The number of aromatic nitrogens is 2. The molecule has 7 heteroatoms. The van der Waals surface area contributed by atoms with Gasteiger partial charge in [-0.3, -0.25) is 9.48 Å². The number of amides is 1. The van der Waals surface area contributed by atoms with E-state index in [9.17, 15) is 14.3 Å². The fraction of sp³-hybridized carbons (Fsp3) is 0.167. The normalized spacial score (nSPS) is 10.5. The molecule has 0 saturated heterocycles. The van der Waals surface area contributed by atoms with E-state index >= 15 is 0 Å². The molecule has 2 rings (SSSR count). The maximum absolute atomic E-state index is 12.8. The lowest BCUT2D eigenvalue weighted by atomic mass is 10.2. The van der Waals surface area contributed by atoms with E-state index in [0.717, 1.165) is 12.1 Å². The van der Waals surface area contributed by atoms with Gasteiger partial charge in [0.1, 0.15) is 11.6 Å². The zero-order valence-corrected chi connectivity index (χ0v) is 10.2. The van der Waals surface area contributed by atoms with Gasteiger partial charge in [-0.05, 0) is 12.1 Å². The molecule has 0 atom stereocenters. The average molecular weight is 264 g/mol. The van der Waals surface area contributed by atoms with Crippen LogP contribution in [0.25, 0.3) is 0 Å². The minimum absolute atomic E-state index is 0.0324. The first-order valence-corrected chi connectivity index (χ1v) is 5.53. The summed E-state index contributed by atoms with van der Waals surface area (Å²) in [6, 6.07) is 3.17. The number of rotatable bonds is 3. The predicted molar refractivity (Wildman–Crippen MR) is 67.1 cm³/mol. The van der Waals surface area contributed by atoms with Crippen molar-refractivity contribution in [3.05, 3.63) is 41.3 Å². The van der Waals surface area contributed by atoms with E-state index in [4.69, 9.17) is 5.73 Å². The fourth-order valence-corrected chi connectivity index (χ4v) is 1.66. The molecule has 0 saturated carbocycles. The molecule has 0 spiro atoms. The molecule has 0 radical (unpaired) electrons. The number of hydrogen-bond donors (Lipinski definition) is 3. The van der Waals surface area contributed by atoms with Crippen LogP contribution in [-0.2, 0) is 13.6 Å². The first-order chi connectivity index (χ1) is 9.01. The van der Waals surface area contributed by atoms with Crippen LogP contribution < -0.4 is 11.1 Å². The van der Waals surface area contributed by atoms with Crippen molar-refractivity contribution in [3.63, 3.8) is 0 Å². The van der Waals surface area contributed by atoms with Crippen LogP contribution in [0, 0.1) is 5.82 Å². The third-order valence-corrected chi connectivity index (χ3v) is 2.56. The Morgan fingerprint density at radius 1 is 1.58 bits per heavy atom. The Morgan fingerprint density at radius 3 is 2.95 bits per heavy atom. The van der Waals surface area contributed by atoms with Gasteiger partial charge in [0.15, 0.2) is 5.82 Å². The van der Waals surface area contributed by atoms with Gasteiger partial charge in [-0.2, -0.15) is 5.10 Å². The molecule has 4 N–H and O–H groups in total. The van der Waals surface area contributed by atoms with Gasteiger partial charge in [0.05, 0.1) is 5.56 Å². The van der Waals surface area contributed by atoms with Crippen molar-refractivity contribution >= 4 is 11.7 Å². The minimum atomic E-state index is -0.616. The number of carbonyl (C=O) groups is 1. The van der Waals surface area contributed by atoms with E-state index in [2.05, 4.69) is 10.4 Å². The van der Waals surface area contributed by atoms with Gasteiger partial charge >= 0.3 is 0 Å². The summed E-state index contributed by atoms with van der Waals surface area (Å²) in [5.74, 6) is -1.30. The molecule has 0 aliphatic carbocycles. The van der Waals surface area contributed by atoms with E-state index in [-0.39, 0.29) is 12.1 Å². The lowest BCUT2D eigenvalue weighted by molar-refractivity contribution is 0.102. The quantitative estimate of drug-likeness (QED) is 0.770. The predicted octanol–water partition coefficient (Wildman–Crippen LogP) is 0.976. The Kier molecular flexibility index (Phi) is 3.48. The molecule has 0 bridgehead atoms. The second-order valence-corrected chi connectivity index (χ2v) is 4.00. The molecule has 0 aliphatic rings. The van der Waals surface area contributed by atoms with Crippen molar-refractivity contribution in [2.75, 3.05) is 5.32 Å². The Morgan fingerprint density at radius 2 is 2.32 bits per heavy atom. The van der Waals surface area contributed by atoms with Crippen LogP contribution in [0.1, 0.15) is 15.9 Å². The third-order valence-electron chi connectivity index (χ3n) is 2.56. The number of nitrogens with two attached hydrogens (primary N) is 1. The van der Waals surface area contributed by atoms with E-state index in [0.29, 0.717) is 11.4 Å². The highest BCUT2D eigenvalue weighted by Crippen LogP contribution is 2.20. The van der Waals surface area contributed by atoms with Crippen molar-refractivity contribution in [1.82, 2.24) is 9.78 Å². The van der Waals surface area contributed by atoms with Crippen LogP contribution in [0.15, 0.2) is 24.4 Å². The van der Waals surface area contributed by atoms with Crippen molar-refractivity contribution in [1.29, 1.82) is 0 Å². The van der Waals surface area contributed by atoms with Crippen molar-refractivity contribution in [2.24, 2.45) is 12.8 Å². The van der Waals surface area contributed by atoms with Crippen LogP contribution in [0.2, 0.25) is 0 Å². The van der Waals surface area contributed by atoms with Gasteiger partial charge in [0, 0.05) is 31.4 Å². The number of halogens is 1. The zero-order chi connectivity index (χ0) is 14.0. The summed E-state index contributed by atoms with van der Waals surface area (Å²) in [4.78, 5) is 11.9. The van der Waals surface area contributed by atoms with Gasteiger partial charge in [-0.1, -0.05) is 0 Å². The lowest BCUT2D eigenvalue weighted by Gasteiger charge is -2.05. The molecule has 0 aliphatic heterocycles. The first kappa shape index (κ1) is 13.0. The van der Waals surface area contributed by atoms with Crippen LogP contribution in [0.5, 0.6) is 5.75 Å². The molecular formula is C12H13FN4O2. The molecule has 100 valence electrons. The Labute approximate surface area is 108 Å².